The smallest absolute Gasteiger partial charge is 0.284 e. The van der Waals surface area contributed by atoms with Crippen LogP contribution in [-0.2, 0) is 10.0 Å². The van der Waals surface area contributed by atoms with E-state index in [0.717, 1.165) is 15.4 Å². The lowest BCUT2D eigenvalue weighted by atomic mass is 10.1. The number of para-hydroxylation sites is 1. The predicted octanol–water partition coefficient (Wildman–Crippen LogP) is 4.37. The summed E-state index contributed by atoms with van der Waals surface area (Å²) in [6.45, 7) is 1.95. The molecule has 6 heteroatoms. The number of urea groups is 1. The number of hydrogen-bond donors (Lipinski definition) is 0. The fourth-order valence-corrected chi connectivity index (χ4v) is 4.78. The molecule has 0 saturated carbocycles. The fourth-order valence-electron chi connectivity index (χ4n) is 3.42. The molecule has 0 aliphatic carbocycles. The second-order valence-electron chi connectivity index (χ2n) is 6.76. The molecule has 1 fully saturated rings. The molecule has 1 heterocycles. The van der Waals surface area contributed by atoms with Gasteiger partial charge in [0.25, 0.3) is 10.0 Å². The van der Waals surface area contributed by atoms with Crippen molar-refractivity contribution in [3.8, 4) is 0 Å². The largest absolute Gasteiger partial charge is 0.339 e. The summed E-state index contributed by atoms with van der Waals surface area (Å²) in [6, 6.07) is 24.3. The van der Waals surface area contributed by atoms with Crippen LogP contribution >= 0.6 is 0 Å². The van der Waals surface area contributed by atoms with Crippen LogP contribution in [0, 0.1) is 6.92 Å². The summed E-state index contributed by atoms with van der Waals surface area (Å²) in [4.78, 5) is 14.9. The molecule has 1 aliphatic heterocycles. The van der Waals surface area contributed by atoms with Crippen LogP contribution in [0.1, 0.15) is 17.2 Å². The zero-order valence-electron chi connectivity index (χ0n) is 15.4. The van der Waals surface area contributed by atoms with Gasteiger partial charge in [-0.25, -0.2) is 17.5 Å². The van der Waals surface area contributed by atoms with E-state index in [-0.39, 0.29) is 11.4 Å². The van der Waals surface area contributed by atoms with Crippen LogP contribution in [0.15, 0.2) is 89.8 Å². The van der Waals surface area contributed by atoms with Crippen LogP contribution in [0.4, 0.5) is 10.5 Å². The maximum atomic E-state index is 13.2. The van der Waals surface area contributed by atoms with E-state index in [4.69, 9.17) is 0 Å². The minimum Gasteiger partial charge on any atom is -0.284 e. The number of benzene rings is 3. The molecule has 0 radical (unpaired) electrons. The average Bonchev–Trinajstić information content (AvgIpc) is 3.07. The summed E-state index contributed by atoms with van der Waals surface area (Å²) >= 11 is 0. The van der Waals surface area contributed by atoms with Gasteiger partial charge < -0.3 is 0 Å². The van der Waals surface area contributed by atoms with Crippen molar-refractivity contribution in [2.24, 2.45) is 0 Å². The van der Waals surface area contributed by atoms with Crippen molar-refractivity contribution in [1.29, 1.82) is 0 Å². The first kappa shape index (κ1) is 18.3. The number of rotatable bonds is 4. The zero-order chi connectivity index (χ0) is 19.7. The van der Waals surface area contributed by atoms with Crippen LogP contribution in [0.25, 0.3) is 0 Å². The molecule has 1 aliphatic rings. The molecule has 0 bridgehead atoms. The highest BCUT2D eigenvalue weighted by Gasteiger charge is 2.45. The van der Waals surface area contributed by atoms with Crippen molar-refractivity contribution in [2.45, 2.75) is 17.9 Å². The summed E-state index contributed by atoms with van der Waals surface area (Å²) in [5.41, 5.74) is 2.52. The predicted molar refractivity (Wildman–Crippen MR) is 109 cm³/mol. The van der Waals surface area contributed by atoms with E-state index in [2.05, 4.69) is 0 Å². The summed E-state index contributed by atoms with van der Waals surface area (Å²) in [5, 5.41) is 0. The normalized spacial score (nSPS) is 17.2. The quantitative estimate of drug-likeness (QED) is 0.663. The number of nitrogens with zero attached hydrogens (tertiary/aromatic N) is 2. The number of anilines is 1. The third-order valence-electron chi connectivity index (χ3n) is 4.90. The van der Waals surface area contributed by atoms with Crippen LogP contribution in [-0.4, -0.2) is 25.3 Å². The Morgan fingerprint density at radius 1 is 0.821 bits per heavy atom. The SMILES string of the molecule is Cc1ccc(S(=O)(=O)N2CC(c3ccccc3)N(c3ccccc3)C2=O)cc1. The van der Waals surface area contributed by atoms with Crippen molar-refractivity contribution < 1.29 is 13.2 Å². The van der Waals surface area contributed by atoms with E-state index in [1.807, 2.05) is 67.6 Å². The van der Waals surface area contributed by atoms with Gasteiger partial charge >= 0.3 is 6.03 Å². The zero-order valence-corrected chi connectivity index (χ0v) is 16.2. The monoisotopic (exact) mass is 392 g/mol. The maximum absolute atomic E-state index is 13.2. The molecular weight excluding hydrogens is 372 g/mol. The van der Waals surface area contributed by atoms with Crippen molar-refractivity contribution in [3.63, 3.8) is 0 Å². The third-order valence-corrected chi connectivity index (χ3v) is 6.65. The number of hydrogen-bond acceptors (Lipinski definition) is 3. The number of carbonyl (C=O) groups is 1. The number of carbonyl (C=O) groups excluding carboxylic acids is 1. The molecular formula is C22H20N2O3S. The Bertz CT molecular complexity index is 1080. The Kier molecular flexibility index (Phi) is 4.65. The van der Waals surface area contributed by atoms with Gasteiger partial charge in [-0.3, -0.25) is 4.90 Å². The summed E-state index contributed by atoms with van der Waals surface area (Å²) in [6.07, 6.45) is 0. The Hall–Kier alpha value is -3.12. The Labute approximate surface area is 164 Å². The lowest BCUT2D eigenvalue weighted by molar-refractivity contribution is 0.239. The molecule has 1 atom stereocenters. The first-order chi connectivity index (χ1) is 13.5. The fraction of sp³-hybridized carbons (Fsp3) is 0.136. The van der Waals surface area contributed by atoms with E-state index in [1.54, 1.807) is 29.2 Å². The molecule has 0 N–H and O–H groups in total. The van der Waals surface area contributed by atoms with Gasteiger partial charge in [-0.05, 0) is 36.8 Å². The number of sulfonamides is 1. The molecule has 1 unspecified atom stereocenters. The van der Waals surface area contributed by atoms with Gasteiger partial charge in [0.2, 0.25) is 0 Å². The van der Waals surface area contributed by atoms with E-state index < -0.39 is 22.1 Å². The molecule has 3 aromatic rings. The van der Waals surface area contributed by atoms with Gasteiger partial charge in [-0.2, -0.15) is 0 Å². The molecule has 3 aromatic carbocycles. The molecule has 5 nitrogen and oxygen atoms in total. The van der Waals surface area contributed by atoms with Crippen LogP contribution < -0.4 is 4.90 Å². The van der Waals surface area contributed by atoms with E-state index >= 15 is 0 Å². The molecule has 28 heavy (non-hydrogen) atoms. The second kappa shape index (κ2) is 7.13. The molecule has 142 valence electrons. The molecule has 0 aromatic heterocycles. The van der Waals surface area contributed by atoms with E-state index in [0.29, 0.717) is 5.69 Å². The van der Waals surface area contributed by atoms with Crippen molar-refractivity contribution in [3.05, 3.63) is 96.1 Å². The molecule has 4 rings (SSSR count). The van der Waals surface area contributed by atoms with Gasteiger partial charge in [0.05, 0.1) is 17.5 Å². The molecule has 0 spiro atoms. The van der Waals surface area contributed by atoms with Gasteiger partial charge in [-0.15, -0.1) is 0 Å². The second-order valence-corrected chi connectivity index (χ2v) is 8.63. The van der Waals surface area contributed by atoms with E-state index in [9.17, 15) is 13.2 Å². The summed E-state index contributed by atoms with van der Waals surface area (Å²) in [7, 11) is -3.94. The highest BCUT2D eigenvalue weighted by Crippen LogP contribution is 2.36. The van der Waals surface area contributed by atoms with Gasteiger partial charge in [-0.1, -0.05) is 66.2 Å². The first-order valence-corrected chi connectivity index (χ1v) is 10.4. The highest BCUT2D eigenvalue weighted by molar-refractivity contribution is 7.89. The lowest BCUT2D eigenvalue weighted by Gasteiger charge is -2.23. The standard InChI is InChI=1S/C22H20N2O3S/c1-17-12-14-20(15-13-17)28(26,27)23-16-21(18-8-4-2-5-9-18)24(22(23)25)19-10-6-3-7-11-19/h2-15,21H,16H2,1H3. The number of aryl methyl sites for hydroxylation is 1. The Morgan fingerprint density at radius 3 is 2.00 bits per heavy atom. The van der Waals surface area contributed by atoms with Gasteiger partial charge in [0.1, 0.15) is 0 Å². The van der Waals surface area contributed by atoms with Crippen LogP contribution in [0.3, 0.4) is 0 Å². The van der Waals surface area contributed by atoms with E-state index in [1.165, 1.54) is 0 Å². The van der Waals surface area contributed by atoms with Gasteiger partial charge in [0.15, 0.2) is 0 Å². The lowest BCUT2D eigenvalue weighted by Crippen LogP contribution is -2.36. The van der Waals surface area contributed by atoms with Gasteiger partial charge in [0, 0.05) is 5.69 Å². The van der Waals surface area contributed by atoms with Crippen molar-refractivity contribution >= 4 is 21.7 Å². The average molecular weight is 392 g/mol. The summed E-state index contributed by atoms with van der Waals surface area (Å²) < 4.78 is 27.4. The Balaban J connectivity index is 1.78. The molecule has 2 amide bonds. The highest BCUT2D eigenvalue weighted by atomic mass is 32.2. The minimum atomic E-state index is -3.94. The van der Waals surface area contributed by atoms with Crippen molar-refractivity contribution in [2.75, 3.05) is 11.4 Å². The maximum Gasteiger partial charge on any atom is 0.339 e. The third kappa shape index (κ3) is 3.16. The van der Waals surface area contributed by atoms with Crippen LogP contribution in [0.5, 0.6) is 0 Å². The first-order valence-electron chi connectivity index (χ1n) is 9.01. The Morgan fingerprint density at radius 2 is 1.39 bits per heavy atom. The minimum absolute atomic E-state index is 0.0634. The topological polar surface area (TPSA) is 57.7 Å². The summed E-state index contributed by atoms with van der Waals surface area (Å²) in [5.74, 6) is 0. The number of amides is 2. The van der Waals surface area contributed by atoms with Crippen molar-refractivity contribution in [1.82, 2.24) is 4.31 Å². The molecule has 1 saturated heterocycles. The van der Waals surface area contributed by atoms with Crippen LogP contribution in [0.2, 0.25) is 0 Å².